The Morgan fingerprint density at radius 3 is 3.10 bits per heavy atom. The number of carbonyl (C=O) groups is 1. The van der Waals surface area contributed by atoms with Crippen LogP contribution >= 0.6 is 0 Å². The molecule has 2 unspecified atom stereocenters. The average Bonchev–Trinajstić information content (AvgIpc) is 3.12. The van der Waals surface area contributed by atoms with Gasteiger partial charge >= 0.3 is 5.97 Å². The fourth-order valence-electron chi connectivity index (χ4n) is 2.56. The van der Waals surface area contributed by atoms with Gasteiger partial charge in [-0.3, -0.25) is 9.69 Å². The molecule has 7 heteroatoms. The Bertz CT molecular complexity index is 593. The van der Waals surface area contributed by atoms with Crippen LogP contribution < -0.4 is 0 Å². The molecule has 1 aliphatic rings. The SMILES string of the molecule is CC1C(C(=O)O)CCN1Cc1noc(-c2ccco2)n1. The van der Waals surface area contributed by atoms with Gasteiger partial charge in [-0.1, -0.05) is 5.16 Å². The second kappa shape index (κ2) is 5.09. The summed E-state index contributed by atoms with van der Waals surface area (Å²) in [5.41, 5.74) is 0. The lowest BCUT2D eigenvalue weighted by atomic mass is 10.0. The molecule has 0 spiro atoms. The predicted octanol–water partition coefficient (Wildman–Crippen LogP) is 1.62. The summed E-state index contributed by atoms with van der Waals surface area (Å²) in [5, 5.41) is 13.0. The van der Waals surface area contributed by atoms with Crippen LogP contribution in [0.5, 0.6) is 0 Å². The van der Waals surface area contributed by atoms with Gasteiger partial charge in [0.1, 0.15) is 0 Å². The van der Waals surface area contributed by atoms with E-state index in [1.54, 1.807) is 18.4 Å². The van der Waals surface area contributed by atoms with Gasteiger partial charge in [0.05, 0.1) is 18.7 Å². The van der Waals surface area contributed by atoms with Crippen LogP contribution in [0.3, 0.4) is 0 Å². The number of aliphatic carboxylic acids is 1. The lowest BCUT2D eigenvalue weighted by Gasteiger charge is -2.20. The van der Waals surface area contributed by atoms with Gasteiger partial charge < -0.3 is 14.0 Å². The Hall–Kier alpha value is -2.15. The van der Waals surface area contributed by atoms with Crippen LogP contribution in [0.15, 0.2) is 27.3 Å². The lowest BCUT2D eigenvalue weighted by molar-refractivity contribution is -0.142. The van der Waals surface area contributed by atoms with E-state index in [-0.39, 0.29) is 12.0 Å². The molecule has 0 amide bonds. The fraction of sp³-hybridized carbons (Fsp3) is 0.462. The summed E-state index contributed by atoms with van der Waals surface area (Å²) in [4.78, 5) is 17.4. The molecule has 0 saturated carbocycles. The summed E-state index contributed by atoms with van der Waals surface area (Å²) < 4.78 is 10.3. The van der Waals surface area contributed by atoms with Crippen molar-refractivity contribution in [2.45, 2.75) is 25.9 Å². The maximum absolute atomic E-state index is 11.1. The van der Waals surface area contributed by atoms with Gasteiger partial charge in [0.25, 0.3) is 5.89 Å². The number of rotatable bonds is 4. The maximum Gasteiger partial charge on any atom is 0.308 e. The molecule has 2 aromatic rings. The van der Waals surface area contributed by atoms with Crippen molar-refractivity contribution >= 4 is 5.97 Å². The smallest absolute Gasteiger partial charge is 0.308 e. The largest absolute Gasteiger partial charge is 0.481 e. The zero-order valence-corrected chi connectivity index (χ0v) is 11.0. The van der Waals surface area contributed by atoms with Crippen LogP contribution in [0.25, 0.3) is 11.7 Å². The first kappa shape index (κ1) is 12.9. The number of aromatic nitrogens is 2. The van der Waals surface area contributed by atoms with Gasteiger partial charge in [-0.05, 0) is 32.0 Å². The van der Waals surface area contributed by atoms with E-state index in [0.29, 0.717) is 30.4 Å². The van der Waals surface area contributed by atoms with Gasteiger partial charge in [0, 0.05) is 6.04 Å². The van der Waals surface area contributed by atoms with Crippen molar-refractivity contribution in [3.63, 3.8) is 0 Å². The highest BCUT2D eigenvalue weighted by molar-refractivity contribution is 5.71. The van der Waals surface area contributed by atoms with Crippen molar-refractivity contribution in [3.05, 3.63) is 24.2 Å². The molecule has 0 aliphatic carbocycles. The van der Waals surface area contributed by atoms with Crippen LogP contribution in [0.4, 0.5) is 0 Å². The molecule has 106 valence electrons. The van der Waals surface area contributed by atoms with E-state index < -0.39 is 5.97 Å². The second-order valence-electron chi connectivity index (χ2n) is 4.94. The standard InChI is InChI=1S/C13H15N3O4/c1-8-9(13(17)18)4-5-16(8)7-11-14-12(20-15-11)10-3-2-6-19-10/h2-3,6,8-9H,4-5,7H2,1H3,(H,17,18). The average molecular weight is 277 g/mol. The number of carboxylic acids is 1. The van der Waals surface area contributed by atoms with Crippen molar-refractivity contribution in [2.75, 3.05) is 6.54 Å². The number of hydrogen-bond donors (Lipinski definition) is 1. The highest BCUT2D eigenvalue weighted by atomic mass is 16.5. The van der Waals surface area contributed by atoms with Crippen LogP contribution in [-0.2, 0) is 11.3 Å². The van der Waals surface area contributed by atoms with Crippen molar-refractivity contribution in [2.24, 2.45) is 5.92 Å². The normalized spacial score (nSPS) is 23.2. The number of likely N-dealkylation sites (tertiary alicyclic amines) is 1. The molecule has 3 rings (SSSR count). The van der Waals surface area contributed by atoms with Crippen LogP contribution in [0.2, 0.25) is 0 Å². The second-order valence-corrected chi connectivity index (χ2v) is 4.94. The third-order valence-electron chi connectivity index (χ3n) is 3.75. The Morgan fingerprint density at radius 1 is 1.60 bits per heavy atom. The number of furan rings is 1. The van der Waals surface area contributed by atoms with Crippen molar-refractivity contribution in [1.29, 1.82) is 0 Å². The van der Waals surface area contributed by atoms with E-state index in [9.17, 15) is 4.79 Å². The molecule has 1 N–H and O–H groups in total. The number of hydrogen-bond acceptors (Lipinski definition) is 6. The molecule has 1 aliphatic heterocycles. The molecule has 2 atom stereocenters. The lowest BCUT2D eigenvalue weighted by Crippen LogP contribution is -2.32. The Labute approximate surface area is 115 Å². The van der Waals surface area contributed by atoms with E-state index in [1.165, 1.54) is 0 Å². The summed E-state index contributed by atoms with van der Waals surface area (Å²) >= 11 is 0. The fourth-order valence-corrected chi connectivity index (χ4v) is 2.56. The van der Waals surface area contributed by atoms with Crippen molar-refractivity contribution < 1.29 is 18.8 Å². The Balaban J connectivity index is 1.69. The van der Waals surface area contributed by atoms with Gasteiger partial charge in [-0.2, -0.15) is 4.98 Å². The van der Waals surface area contributed by atoms with Crippen LogP contribution in [0, 0.1) is 5.92 Å². The maximum atomic E-state index is 11.1. The first-order valence-corrected chi connectivity index (χ1v) is 6.48. The number of nitrogens with zero attached hydrogens (tertiary/aromatic N) is 3. The molecule has 0 bridgehead atoms. The highest BCUT2D eigenvalue weighted by Gasteiger charge is 2.36. The first-order valence-electron chi connectivity index (χ1n) is 6.48. The quantitative estimate of drug-likeness (QED) is 0.907. The summed E-state index contributed by atoms with van der Waals surface area (Å²) in [6.07, 6.45) is 2.19. The molecule has 7 nitrogen and oxygen atoms in total. The Kier molecular flexibility index (Phi) is 3.27. The van der Waals surface area contributed by atoms with Crippen LogP contribution in [-0.4, -0.2) is 38.7 Å². The molecule has 2 aromatic heterocycles. The molecule has 0 aromatic carbocycles. The summed E-state index contributed by atoms with van der Waals surface area (Å²) in [5.74, 6) is 0.332. The minimum Gasteiger partial charge on any atom is -0.481 e. The highest BCUT2D eigenvalue weighted by Crippen LogP contribution is 2.26. The third-order valence-corrected chi connectivity index (χ3v) is 3.75. The molecule has 0 radical (unpaired) electrons. The monoisotopic (exact) mass is 277 g/mol. The minimum atomic E-state index is -0.746. The van der Waals surface area contributed by atoms with Crippen LogP contribution in [0.1, 0.15) is 19.2 Å². The van der Waals surface area contributed by atoms with Crippen molar-refractivity contribution in [1.82, 2.24) is 15.0 Å². The molecule has 1 saturated heterocycles. The van der Waals surface area contributed by atoms with Gasteiger partial charge in [0.15, 0.2) is 11.6 Å². The van der Waals surface area contributed by atoms with Crippen molar-refractivity contribution in [3.8, 4) is 11.7 Å². The van der Waals surface area contributed by atoms with E-state index in [0.717, 1.165) is 6.54 Å². The van der Waals surface area contributed by atoms with Gasteiger partial charge in [-0.25, -0.2) is 0 Å². The van der Waals surface area contributed by atoms with E-state index in [2.05, 4.69) is 15.0 Å². The summed E-state index contributed by atoms with van der Waals surface area (Å²) in [6.45, 7) is 3.12. The summed E-state index contributed by atoms with van der Waals surface area (Å²) in [6, 6.07) is 3.47. The molecule has 20 heavy (non-hydrogen) atoms. The topological polar surface area (TPSA) is 92.6 Å². The van der Waals surface area contributed by atoms with E-state index >= 15 is 0 Å². The van der Waals surface area contributed by atoms with E-state index in [1.807, 2.05) is 6.92 Å². The first-order chi connectivity index (χ1) is 9.65. The summed E-state index contributed by atoms with van der Waals surface area (Å²) in [7, 11) is 0. The zero-order chi connectivity index (χ0) is 14.1. The molecular weight excluding hydrogens is 262 g/mol. The Morgan fingerprint density at radius 2 is 2.45 bits per heavy atom. The zero-order valence-electron chi connectivity index (χ0n) is 11.0. The molecule has 1 fully saturated rings. The third kappa shape index (κ3) is 2.32. The minimum absolute atomic E-state index is 0.0296. The van der Waals surface area contributed by atoms with Gasteiger partial charge in [0.2, 0.25) is 0 Å². The number of carboxylic acid groups (broad SMARTS) is 1. The van der Waals surface area contributed by atoms with E-state index in [4.69, 9.17) is 14.0 Å². The molecular formula is C13H15N3O4. The van der Waals surface area contributed by atoms with Gasteiger partial charge in [-0.15, -0.1) is 0 Å². The molecule has 3 heterocycles. The predicted molar refractivity (Wildman–Crippen MR) is 67.6 cm³/mol.